The number of benzene rings is 2. The smallest absolute Gasteiger partial charge is 0.224 e. The molecule has 0 aliphatic carbocycles. The molecule has 2 N–H and O–H groups in total. The summed E-state index contributed by atoms with van der Waals surface area (Å²) >= 11 is 5.83. The van der Waals surface area contributed by atoms with Gasteiger partial charge < -0.3 is 20.1 Å². The van der Waals surface area contributed by atoms with E-state index in [1.807, 2.05) is 50.4 Å². The molecule has 2 aromatic carbocycles. The second-order valence-electron chi connectivity index (χ2n) is 5.97. The van der Waals surface area contributed by atoms with Gasteiger partial charge in [0.05, 0.1) is 0 Å². The average Bonchev–Trinajstić information content (AvgIpc) is 2.66. The number of hydrogen-bond acceptors (Lipinski definition) is 4. The van der Waals surface area contributed by atoms with E-state index in [1.54, 1.807) is 12.1 Å². The largest absolute Gasteiger partial charge is 0.490 e. The molecule has 0 saturated heterocycles. The SMILES string of the molecule is CNCC(C)C(=O)NCc1ccc(OCCOc2ccc(Cl)cc2)cc1. The van der Waals surface area contributed by atoms with Gasteiger partial charge in [-0.2, -0.15) is 0 Å². The third kappa shape index (κ3) is 6.94. The fourth-order valence-corrected chi connectivity index (χ4v) is 2.44. The van der Waals surface area contributed by atoms with Gasteiger partial charge in [0.25, 0.3) is 0 Å². The van der Waals surface area contributed by atoms with E-state index >= 15 is 0 Å². The molecule has 2 aromatic rings. The summed E-state index contributed by atoms with van der Waals surface area (Å²) < 4.78 is 11.2. The predicted octanol–water partition coefficient (Wildman–Crippen LogP) is 3.27. The van der Waals surface area contributed by atoms with Crippen LogP contribution in [0.25, 0.3) is 0 Å². The van der Waals surface area contributed by atoms with E-state index in [0.717, 1.165) is 17.1 Å². The number of carbonyl (C=O) groups is 1. The minimum atomic E-state index is -0.0525. The zero-order valence-electron chi connectivity index (χ0n) is 15.1. The molecule has 0 heterocycles. The molecule has 0 bridgehead atoms. The fourth-order valence-electron chi connectivity index (χ4n) is 2.32. The molecule has 0 fully saturated rings. The van der Waals surface area contributed by atoms with Crippen molar-refractivity contribution in [1.29, 1.82) is 0 Å². The molecule has 0 aliphatic rings. The molecule has 5 nitrogen and oxygen atoms in total. The highest BCUT2D eigenvalue weighted by atomic mass is 35.5. The van der Waals surface area contributed by atoms with E-state index in [9.17, 15) is 4.79 Å². The lowest BCUT2D eigenvalue weighted by Gasteiger charge is -2.12. The van der Waals surface area contributed by atoms with Crippen LogP contribution in [0, 0.1) is 5.92 Å². The van der Waals surface area contributed by atoms with Crippen LogP contribution in [0.15, 0.2) is 48.5 Å². The highest BCUT2D eigenvalue weighted by Crippen LogP contribution is 2.16. The van der Waals surface area contributed by atoms with Gasteiger partial charge in [0.2, 0.25) is 5.91 Å². The molecule has 0 spiro atoms. The molecule has 26 heavy (non-hydrogen) atoms. The van der Waals surface area contributed by atoms with Crippen LogP contribution in [-0.4, -0.2) is 32.7 Å². The Balaban J connectivity index is 1.68. The lowest BCUT2D eigenvalue weighted by atomic mass is 10.1. The van der Waals surface area contributed by atoms with Crippen LogP contribution < -0.4 is 20.1 Å². The first-order valence-corrected chi connectivity index (χ1v) is 8.98. The highest BCUT2D eigenvalue weighted by Gasteiger charge is 2.10. The molecular formula is C20H25ClN2O3. The van der Waals surface area contributed by atoms with Gasteiger partial charge in [0.15, 0.2) is 0 Å². The van der Waals surface area contributed by atoms with Crippen molar-refractivity contribution in [2.45, 2.75) is 13.5 Å². The van der Waals surface area contributed by atoms with Crippen LogP contribution in [0.1, 0.15) is 12.5 Å². The Morgan fingerprint density at radius 2 is 1.54 bits per heavy atom. The molecule has 6 heteroatoms. The lowest BCUT2D eigenvalue weighted by molar-refractivity contribution is -0.124. The lowest BCUT2D eigenvalue weighted by Crippen LogP contribution is -2.33. The second-order valence-corrected chi connectivity index (χ2v) is 6.41. The van der Waals surface area contributed by atoms with Crippen molar-refractivity contribution >= 4 is 17.5 Å². The minimum absolute atomic E-state index is 0.0408. The van der Waals surface area contributed by atoms with Crippen molar-refractivity contribution in [1.82, 2.24) is 10.6 Å². The fraction of sp³-hybridized carbons (Fsp3) is 0.350. The number of ether oxygens (including phenoxy) is 2. The van der Waals surface area contributed by atoms with E-state index in [1.165, 1.54) is 0 Å². The monoisotopic (exact) mass is 376 g/mol. The molecule has 2 rings (SSSR count). The van der Waals surface area contributed by atoms with Gasteiger partial charge >= 0.3 is 0 Å². The zero-order chi connectivity index (χ0) is 18.8. The standard InChI is InChI=1S/C20H25ClN2O3/c1-15(13-22-2)20(24)23-14-16-3-7-18(8-4-16)25-11-12-26-19-9-5-17(21)6-10-19/h3-10,15,22H,11-14H2,1-2H3,(H,23,24). The summed E-state index contributed by atoms with van der Waals surface area (Å²) in [7, 11) is 1.84. The van der Waals surface area contributed by atoms with E-state index in [0.29, 0.717) is 31.3 Å². The Morgan fingerprint density at radius 1 is 1.00 bits per heavy atom. The Kier molecular flexibility index (Phi) is 8.25. The first kappa shape index (κ1) is 20.1. The van der Waals surface area contributed by atoms with Crippen molar-refractivity contribution in [2.24, 2.45) is 5.92 Å². The number of carbonyl (C=O) groups excluding carboxylic acids is 1. The van der Waals surface area contributed by atoms with Crippen LogP contribution in [-0.2, 0) is 11.3 Å². The number of halogens is 1. The Bertz CT molecular complexity index is 674. The maximum atomic E-state index is 11.9. The summed E-state index contributed by atoms with van der Waals surface area (Å²) in [6.07, 6.45) is 0. The number of nitrogens with one attached hydrogen (secondary N) is 2. The van der Waals surface area contributed by atoms with Gasteiger partial charge in [0, 0.05) is 24.0 Å². The van der Waals surface area contributed by atoms with Gasteiger partial charge in [-0.25, -0.2) is 0 Å². The van der Waals surface area contributed by atoms with Crippen LogP contribution in [0.2, 0.25) is 5.02 Å². The van der Waals surface area contributed by atoms with Crippen molar-refractivity contribution in [3.8, 4) is 11.5 Å². The topological polar surface area (TPSA) is 59.6 Å². The first-order chi connectivity index (χ1) is 12.6. The molecule has 140 valence electrons. The van der Waals surface area contributed by atoms with Crippen molar-refractivity contribution in [2.75, 3.05) is 26.8 Å². The molecule has 0 aliphatic heterocycles. The predicted molar refractivity (Wildman–Crippen MR) is 104 cm³/mol. The maximum absolute atomic E-state index is 11.9. The number of amides is 1. The van der Waals surface area contributed by atoms with Gasteiger partial charge in [-0.05, 0) is 49.0 Å². The van der Waals surface area contributed by atoms with Gasteiger partial charge in [0.1, 0.15) is 24.7 Å². The summed E-state index contributed by atoms with van der Waals surface area (Å²) in [5.41, 5.74) is 1.03. The van der Waals surface area contributed by atoms with Gasteiger partial charge in [-0.1, -0.05) is 30.7 Å². The zero-order valence-corrected chi connectivity index (χ0v) is 15.9. The number of hydrogen-bond donors (Lipinski definition) is 2. The van der Waals surface area contributed by atoms with E-state index in [-0.39, 0.29) is 11.8 Å². The molecule has 0 aromatic heterocycles. The minimum Gasteiger partial charge on any atom is -0.490 e. The van der Waals surface area contributed by atoms with Gasteiger partial charge in [-0.3, -0.25) is 4.79 Å². The molecule has 0 radical (unpaired) electrons. The molecule has 1 atom stereocenters. The Morgan fingerprint density at radius 3 is 2.08 bits per heavy atom. The van der Waals surface area contributed by atoms with Crippen LogP contribution >= 0.6 is 11.6 Å². The van der Waals surface area contributed by atoms with Crippen molar-refractivity contribution < 1.29 is 14.3 Å². The molecule has 0 saturated carbocycles. The van der Waals surface area contributed by atoms with E-state index in [2.05, 4.69) is 10.6 Å². The van der Waals surface area contributed by atoms with Crippen LogP contribution in [0.5, 0.6) is 11.5 Å². The normalized spacial score (nSPS) is 11.7. The summed E-state index contributed by atoms with van der Waals surface area (Å²) in [6, 6.07) is 14.9. The first-order valence-electron chi connectivity index (χ1n) is 8.61. The van der Waals surface area contributed by atoms with Crippen LogP contribution in [0.3, 0.4) is 0 Å². The summed E-state index contributed by atoms with van der Waals surface area (Å²) in [5, 5.41) is 6.61. The summed E-state index contributed by atoms with van der Waals surface area (Å²) in [4.78, 5) is 11.9. The third-order valence-corrected chi connectivity index (χ3v) is 4.03. The molecule has 1 amide bonds. The third-order valence-electron chi connectivity index (χ3n) is 3.78. The quantitative estimate of drug-likeness (QED) is 0.625. The van der Waals surface area contributed by atoms with Crippen molar-refractivity contribution in [3.05, 3.63) is 59.1 Å². The van der Waals surface area contributed by atoms with Crippen LogP contribution in [0.4, 0.5) is 0 Å². The highest BCUT2D eigenvalue weighted by molar-refractivity contribution is 6.30. The maximum Gasteiger partial charge on any atom is 0.224 e. The van der Waals surface area contributed by atoms with Crippen molar-refractivity contribution in [3.63, 3.8) is 0 Å². The second kappa shape index (κ2) is 10.7. The summed E-state index contributed by atoms with van der Waals surface area (Å²) in [5.74, 6) is 1.52. The van der Waals surface area contributed by atoms with E-state index in [4.69, 9.17) is 21.1 Å². The molecule has 1 unspecified atom stereocenters. The Hall–Kier alpha value is -2.24. The number of rotatable bonds is 10. The average molecular weight is 377 g/mol. The Labute approximate surface area is 159 Å². The van der Waals surface area contributed by atoms with E-state index < -0.39 is 0 Å². The molecular weight excluding hydrogens is 352 g/mol. The summed E-state index contributed by atoms with van der Waals surface area (Å²) in [6.45, 7) is 3.96. The van der Waals surface area contributed by atoms with Gasteiger partial charge in [-0.15, -0.1) is 0 Å².